The lowest BCUT2D eigenvalue weighted by molar-refractivity contribution is -0.114. The Labute approximate surface area is 113 Å². The van der Waals surface area contributed by atoms with E-state index >= 15 is 0 Å². The second kappa shape index (κ2) is 5.35. The van der Waals surface area contributed by atoms with Gasteiger partial charge in [-0.25, -0.2) is 0 Å². The quantitative estimate of drug-likeness (QED) is 0.811. The molecule has 2 heteroatoms. The van der Waals surface area contributed by atoms with Gasteiger partial charge in [0, 0.05) is 18.0 Å². The van der Waals surface area contributed by atoms with Crippen LogP contribution in [0.1, 0.15) is 31.2 Å². The molecule has 0 N–H and O–H groups in total. The summed E-state index contributed by atoms with van der Waals surface area (Å²) in [5.41, 5.74) is 3.56. The molecule has 0 amide bonds. The molecule has 1 aliphatic carbocycles. The Kier molecular flexibility index (Phi) is 3.41. The Morgan fingerprint density at radius 1 is 1.05 bits per heavy atom. The van der Waals surface area contributed by atoms with Crippen molar-refractivity contribution in [2.45, 2.75) is 32.1 Å². The first-order valence-electron chi connectivity index (χ1n) is 6.88. The van der Waals surface area contributed by atoms with E-state index < -0.39 is 0 Å². The fourth-order valence-corrected chi connectivity index (χ4v) is 2.72. The molecule has 0 atom stereocenters. The molecule has 1 aliphatic rings. The highest BCUT2D eigenvalue weighted by Crippen LogP contribution is 2.23. The molecule has 0 saturated carbocycles. The first kappa shape index (κ1) is 12.1. The van der Waals surface area contributed by atoms with Crippen LogP contribution in [-0.4, -0.2) is 10.8 Å². The van der Waals surface area contributed by atoms with E-state index in [1.807, 2.05) is 30.5 Å². The normalized spacial score (nSPS) is 16.2. The summed E-state index contributed by atoms with van der Waals surface area (Å²) in [6, 6.07) is 10.3. The van der Waals surface area contributed by atoms with Crippen LogP contribution in [0.25, 0.3) is 10.9 Å². The molecule has 1 aromatic heterocycles. The summed E-state index contributed by atoms with van der Waals surface area (Å²) in [4.78, 5) is 16.0. The number of rotatable bonds is 2. The van der Waals surface area contributed by atoms with Crippen LogP contribution in [0.5, 0.6) is 0 Å². The number of carbonyl (C=O) groups is 1. The minimum absolute atomic E-state index is 0.283. The monoisotopic (exact) mass is 251 g/mol. The Bertz CT molecular complexity index is 637. The van der Waals surface area contributed by atoms with Gasteiger partial charge in [-0.1, -0.05) is 23.8 Å². The maximum Gasteiger partial charge on any atom is 0.155 e. The van der Waals surface area contributed by atoms with E-state index in [0.717, 1.165) is 31.2 Å². The van der Waals surface area contributed by atoms with E-state index in [4.69, 9.17) is 0 Å². The largest absolute Gasteiger partial charge is 0.295 e. The number of carbonyl (C=O) groups excluding carboxylic acids is 1. The van der Waals surface area contributed by atoms with Crippen molar-refractivity contribution in [1.82, 2.24) is 4.98 Å². The molecular formula is C17H17NO. The van der Waals surface area contributed by atoms with Gasteiger partial charge in [-0.05, 0) is 49.5 Å². The molecule has 0 radical (unpaired) electrons. The van der Waals surface area contributed by atoms with Crippen molar-refractivity contribution < 1.29 is 4.79 Å². The van der Waals surface area contributed by atoms with Crippen molar-refractivity contribution in [2.24, 2.45) is 0 Å². The third-order valence-electron chi connectivity index (χ3n) is 3.69. The summed E-state index contributed by atoms with van der Waals surface area (Å²) in [7, 11) is 0. The zero-order valence-electron chi connectivity index (χ0n) is 10.9. The number of aromatic nitrogens is 1. The van der Waals surface area contributed by atoms with E-state index in [9.17, 15) is 4.79 Å². The Balaban J connectivity index is 1.95. The van der Waals surface area contributed by atoms with Crippen molar-refractivity contribution >= 4 is 16.7 Å². The summed E-state index contributed by atoms with van der Waals surface area (Å²) >= 11 is 0. The summed E-state index contributed by atoms with van der Waals surface area (Å²) in [5.74, 6) is 0.283. The molecule has 1 heterocycles. The molecule has 1 aromatic carbocycles. The van der Waals surface area contributed by atoms with Gasteiger partial charge in [0.2, 0.25) is 0 Å². The lowest BCUT2D eigenvalue weighted by atomic mass is 9.98. The van der Waals surface area contributed by atoms with Crippen LogP contribution in [0.2, 0.25) is 0 Å². The van der Waals surface area contributed by atoms with E-state index in [0.29, 0.717) is 6.42 Å². The highest BCUT2D eigenvalue weighted by Gasteiger charge is 2.10. The average molecular weight is 251 g/mol. The van der Waals surface area contributed by atoms with Gasteiger partial charge >= 0.3 is 0 Å². The van der Waals surface area contributed by atoms with Crippen LogP contribution in [0, 0.1) is 0 Å². The second-order valence-electron chi connectivity index (χ2n) is 5.14. The Morgan fingerprint density at radius 2 is 1.89 bits per heavy atom. The molecule has 0 unspecified atom stereocenters. The van der Waals surface area contributed by atoms with Crippen LogP contribution < -0.4 is 0 Å². The van der Waals surface area contributed by atoms with Gasteiger partial charge in [0.25, 0.3) is 0 Å². The maximum absolute atomic E-state index is 11.7. The highest BCUT2D eigenvalue weighted by molar-refractivity contribution is 5.91. The number of para-hydroxylation sites is 1. The van der Waals surface area contributed by atoms with Crippen molar-refractivity contribution in [2.75, 3.05) is 0 Å². The maximum atomic E-state index is 11.7. The van der Waals surface area contributed by atoms with Gasteiger partial charge in [-0.2, -0.15) is 0 Å². The predicted molar refractivity (Wildman–Crippen MR) is 77.0 cm³/mol. The SMILES string of the molecule is O=C1C=C(Cc2ccnc3ccccc23)CCCC1. The standard InChI is InChI=1S/C17H17NO/c19-15-6-2-1-5-13(12-15)11-14-9-10-18-17-8-4-3-7-16(14)17/h3-4,7-10,12H,1-2,5-6,11H2. The summed E-state index contributed by atoms with van der Waals surface area (Å²) in [6.45, 7) is 0. The molecule has 2 aromatic rings. The molecule has 2 nitrogen and oxygen atoms in total. The molecule has 0 bridgehead atoms. The van der Waals surface area contributed by atoms with E-state index in [1.165, 1.54) is 16.5 Å². The van der Waals surface area contributed by atoms with E-state index in [2.05, 4.69) is 17.1 Å². The minimum atomic E-state index is 0.283. The van der Waals surface area contributed by atoms with E-state index in [1.54, 1.807) is 0 Å². The molecule has 0 aliphatic heterocycles. The van der Waals surface area contributed by atoms with Gasteiger partial charge < -0.3 is 0 Å². The number of ketones is 1. The third kappa shape index (κ3) is 2.73. The predicted octanol–water partition coefficient (Wildman–Crippen LogP) is 3.85. The number of benzene rings is 1. The number of fused-ring (bicyclic) bond motifs is 1. The third-order valence-corrected chi connectivity index (χ3v) is 3.69. The van der Waals surface area contributed by atoms with Crippen LogP contribution >= 0.6 is 0 Å². The molecule has 0 spiro atoms. The van der Waals surface area contributed by atoms with Gasteiger partial charge in [0.15, 0.2) is 5.78 Å². The van der Waals surface area contributed by atoms with Crippen molar-refractivity contribution in [3.8, 4) is 0 Å². The fraction of sp³-hybridized carbons (Fsp3) is 0.294. The molecule has 0 fully saturated rings. The minimum Gasteiger partial charge on any atom is -0.295 e. The number of nitrogens with zero attached hydrogens (tertiary/aromatic N) is 1. The van der Waals surface area contributed by atoms with Crippen molar-refractivity contribution in [3.63, 3.8) is 0 Å². The van der Waals surface area contributed by atoms with Crippen LogP contribution in [0.15, 0.2) is 48.2 Å². The molecule has 0 saturated heterocycles. The Hall–Kier alpha value is -1.96. The second-order valence-corrected chi connectivity index (χ2v) is 5.14. The van der Waals surface area contributed by atoms with Gasteiger partial charge in [-0.15, -0.1) is 0 Å². The molecule has 3 rings (SSSR count). The zero-order valence-corrected chi connectivity index (χ0v) is 10.9. The number of hydrogen-bond donors (Lipinski definition) is 0. The van der Waals surface area contributed by atoms with Gasteiger partial charge in [0.05, 0.1) is 5.52 Å². The van der Waals surface area contributed by atoms with Crippen molar-refractivity contribution in [3.05, 3.63) is 53.7 Å². The van der Waals surface area contributed by atoms with Gasteiger partial charge in [0.1, 0.15) is 0 Å². The highest BCUT2D eigenvalue weighted by atomic mass is 16.1. The first-order chi connectivity index (χ1) is 9.33. The topological polar surface area (TPSA) is 30.0 Å². The average Bonchev–Trinajstić information content (AvgIpc) is 2.63. The smallest absolute Gasteiger partial charge is 0.155 e. The van der Waals surface area contributed by atoms with E-state index in [-0.39, 0.29) is 5.78 Å². The molecule has 96 valence electrons. The van der Waals surface area contributed by atoms with Crippen LogP contribution in [-0.2, 0) is 11.2 Å². The number of hydrogen-bond acceptors (Lipinski definition) is 2. The summed E-state index contributed by atoms with van der Waals surface area (Å²) in [6.07, 6.45) is 8.49. The summed E-state index contributed by atoms with van der Waals surface area (Å²) < 4.78 is 0. The van der Waals surface area contributed by atoms with Crippen LogP contribution in [0.4, 0.5) is 0 Å². The van der Waals surface area contributed by atoms with Crippen molar-refractivity contribution in [1.29, 1.82) is 0 Å². The molecule has 19 heavy (non-hydrogen) atoms. The first-order valence-corrected chi connectivity index (χ1v) is 6.88. The van der Waals surface area contributed by atoms with Gasteiger partial charge in [-0.3, -0.25) is 9.78 Å². The number of allylic oxidation sites excluding steroid dienone is 2. The Morgan fingerprint density at radius 3 is 2.84 bits per heavy atom. The lowest BCUT2D eigenvalue weighted by Gasteiger charge is -2.08. The van der Waals surface area contributed by atoms with Crippen LogP contribution in [0.3, 0.4) is 0 Å². The number of pyridine rings is 1. The zero-order chi connectivity index (χ0) is 13.1. The summed E-state index contributed by atoms with van der Waals surface area (Å²) in [5, 5.41) is 1.20. The molecular weight excluding hydrogens is 234 g/mol. The fourth-order valence-electron chi connectivity index (χ4n) is 2.72. The lowest BCUT2D eigenvalue weighted by Crippen LogP contribution is -1.95.